The molecule has 1 aliphatic heterocycles. The smallest absolute Gasteiger partial charge is 0.342 e. The molecule has 2 N–H and O–H groups in total. The molecule has 0 radical (unpaired) electrons. The maximum Gasteiger partial charge on any atom is 0.342 e. The standard InChI is InChI=1S/C8H6O4/c9-5-2-1-4-3-12-8(11)6(4)7(5)10/h1-2,9-10H,3H2. The van der Waals surface area contributed by atoms with Crippen molar-refractivity contribution < 1.29 is 19.7 Å². The number of hydrogen-bond acceptors (Lipinski definition) is 4. The molecule has 1 aliphatic rings. The highest BCUT2D eigenvalue weighted by atomic mass is 16.5. The first-order valence-corrected chi connectivity index (χ1v) is 3.41. The van der Waals surface area contributed by atoms with Crippen molar-refractivity contribution in [1.29, 1.82) is 0 Å². The summed E-state index contributed by atoms with van der Waals surface area (Å²) in [5, 5.41) is 18.3. The Morgan fingerprint density at radius 2 is 2.08 bits per heavy atom. The van der Waals surface area contributed by atoms with Gasteiger partial charge in [0.15, 0.2) is 11.5 Å². The van der Waals surface area contributed by atoms with E-state index < -0.39 is 11.7 Å². The number of phenols is 2. The van der Waals surface area contributed by atoms with Gasteiger partial charge in [0.1, 0.15) is 12.2 Å². The van der Waals surface area contributed by atoms with Crippen LogP contribution in [-0.2, 0) is 11.3 Å². The van der Waals surface area contributed by atoms with E-state index in [9.17, 15) is 9.90 Å². The number of ether oxygens (including phenoxy) is 1. The largest absolute Gasteiger partial charge is 0.504 e. The zero-order valence-electron chi connectivity index (χ0n) is 6.07. The molecule has 0 spiro atoms. The van der Waals surface area contributed by atoms with Gasteiger partial charge in [0.25, 0.3) is 0 Å². The van der Waals surface area contributed by atoms with Crippen LogP contribution >= 0.6 is 0 Å². The molecule has 4 heteroatoms. The van der Waals surface area contributed by atoms with Crippen molar-refractivity contribution >= 4 is 5.97 Å². The van der Waals surface area contributed by atoms with Gasteiger partial charge < -0.3 is 14.9 Å². The number of esters is 1. The molecule has 1 heterocycles. The zero-order valence-corrected chi connectivity index (χ0v) is 6.07. The first-order chi connectivity index (χ1) is 5.70. The Hall–Kier alpha value is -1.71. The highest BCUT2D eigenvalue weighted by molar-refractivity contribution is 5.97. The fourth-order valence-corrected chi connectivity index (χ4v) is 1.19. The van der Waals surface area contributed by atoms with Crippen LogP contribution < -0.4 is 0 Å². The molecule has 4 nitrogen and oxygen atoms in total. The molecule has 62 valence electrons. The fraction of sp³-hybridized carbons (Fsp3) is 0.125. The minimum atomic E-state index is -0.585. The van der Waals surface area contributed by atoms with E-state index in [0.29, 0.717) is 5.56 Å². The lowest BCUT2D eigenvalue weighted by Gasteiger charge is -1.99. The van der Waals surface area contributed by atoms with Crippen molar-refractivity contribution in [3.05, 3.63) is 23.3 Å². The molecule has 0 bridgehead atoms. The third-order valence-electron chi connectivity index (χ3n) is 1.81. The Labute approximate surface area is 68.0 Å². The van der Waals surface area contributed by atoms with Crippen molar-refractivity contribution in [2.75, 3.05) is 0 Å². The first kappa shape index (κ1) is 6.97. The molecule has 0 saturated heterocycles. The number of carbonyl (C=O) groups excluding carboxylic acids is 1. The monoisotopic (exact) mass is 166 g/mol. The quantitative estimate of drug-likeness (QED) is 0.441. The summed E-state index contributed by atoms with van der Waals surface area (Å²) < 4.78 is 4.65. The van der Waals surface area contributed by atoms with E-state index in [4.69, 9.17) is 5.11 Å². The maximum atomic E-state index is 10.9. The van der Waals surface area contributed by atoms with Gasteiger partial charge in [0.2, 0.25) is 0 Å². The van der Waals surface area contributed by atoms with Crippen molar-refractivity contribution in [2.24, 2.45) is 0 Å². The van der Waals surface area contributed by atoms with E-state index in [1.54, 1.807) is 6.07 Å². The highest BCUT2D eigenvalue weighted by Crippen LogP contribution is 2.35. The predicted octanol–water partition coefficient (Wildman–Crippen LogP) is 0.768. The Morgan fingerprint density at radius 1 is 1.33 bits per heavy atom. The summed E-state index contributed by atoms with van der Waals surface area (Å²) in [5.74, 6) is -1.28. The van der Waals surface area contributed by atoms with Gasteiger partial charge in [-0.25, -0.2) is 4.79 Å². The van der Waals surface area contributed by atoms with Crippen molar-refractivity contribution in [1.82, 2.24) is 0 Å². The number of cyclic esters (lactones) is 1. The van der Waals surface area contributed by atoms with Crippen LogP contribution in [0.2, 0.25) is 0 Å². The van der Waals surface area contributed by atoms with Crippen LogP contribution in [0.25, 0.3) is 0 Å². The average Bonchev–Trinajstić information content (AvgIpc) is 2.41. The lowest BCUT2D eigenvalue weighted by atomic mass is 10.1. The van der Waals surface area contributed by atoms with Crippen LogP contribution in [0.4, 0.5) is 0 Å². The summed E-state index contributed by atoms with van der Waals surface area (Å²) in [7, 11) is 0. The molecule has 0 unspecified atom stereocenters. The van der Waals surface area contributed by atoms with Crippen LogP contribution in [0.3, 0.4) is 0 Å². The van der Waals surface area contributed by atoms with Crippen molar-refractivity contribution in [2.45, 2.75) is 6.61 Å². The summed E-state index contributed by atoms with van der Waals surface area (Å²) in [6, 6.07) is 2.88. The fourth-order valence-electron chi connectivity index (χ4n) is 1.19. The molecule has 1 aromatic carbocycles. The molecule has 2 rings (SSSR count). The van der Waals surface area contributed by atoms with Crippen LogP contribution in [0.15, 0.2) is 12.1 Å². The minimum absolute atomic E-state index is 0.0787. The summed E-state index contributed by atoms with van der Waals surface area (Å²) in [6.45, 7) is 0.169. The summed E-state index contributed by atoms with van der Waals surface area (Å²) in [6.07, 6.45) is 0. The number of hydrogen-bond donors (Lipinski definition) is 2. The molecule has 1 aromatic rings. The highest BCUT2D eigenvalue weighted by Gasteiger charge is 2.26. The second-order valence-corrected chi connectivity index (χ2v) is 2.54. The number of rotatable bonds is 0. The van der Waals surface area contributed by atoms with E-state index in [1.807, 2.05) is 0 Å². The summed E-state index contributed by atoms with van der Waals surface area (Å²) in [5.41, 5.74) is 0.685. The van der Waals surface area contributed by atoms with E-state index in [-0.39, 0.29) is 17.9 Å². The zero-order chi connectivity index (χ0) is 8.72. The van der Waals surface area contributed by atoms with Gasteiger partial charge in [-0.15, -0.1) is 0 Å². The Morgan fingerprint density at radius 3 is 2.83 bits per heavy atom. The van der Waals surface area contributed by atoms with Gasteiger partial charge >= 0.3 is 5.97 Å². The third-order valence-corrected chi connectivity index (χ3v) is 1.81. The lowest BCUT2D eigenvalue weighted by Crippen LogP contribution is -1.93. The van der Waals surface area contributed by atoms with Crippen LogP contribution in [-0.4, -0.2) is 16.2 Å². The van der Waals surface area contributed by atoms with Gasteiger partial charge in [-0.1, -0.05) is 6.07 Å². The minimum Gasteiger partial charge on any atom is -0.504 e. The van der Waals surface area contributed by atoms with Crippen LogP contribution in [0.5, 0.6) is 11.5 Å². The normalized spacial score (nSPS) is 14.2. The SMILES string of the molecule is O=C1OCc2ccc(O)c(O)c21. The van der Waals surface area contributed by atoms with Gasteiger partial charge in [0.05, 0.1) is 0 Å². The topological polar surface area (TPSA) is 66.8 Å². The van der Waals surface area contributed by atoms with Gasteiger partial charge in [0, 0.05) is 5.56 Å². The van der Waals surface area contributed by atoms with Gasteiger partial charge in [-0.3, -0.25) is 0 Å². The molecule has 0 fully saturated rings. The third kappa shape index (κ3) is 0.747. The number of benzene rings is 1. The number of carbonyl (C=O) groups is 1. The maximum absolute atomic E-state index is 10.9. The molecule has 0 atom stereocenters. The van der Waals surface area contributed by atoms with Gasteiger partial charge in [-0.05, 0) is 6.07 Å². The van der Waals surface area contributed by atoms with E-state index >= 15 is 0 Å². The average molecular weight is 166 g/mol. The Kier molecular flexibility index (Phi) is 1.24. The first-order valence-electron chi connectivity index (χ1n) is 3.41. The number of fused-ring (bicyclic) bond motifs is 1. The number of phenolic OH excluding ortho intramolecular Hbond substituents is 2. The molecule has 0 aliphatic carbocycles. The molecule has 0 aromatic heterocycles. The Balaban J connectivity index is 2.71. The summed E-state index contributed by atoms with van der Waals surface area (Å²) in [4.78, 5) is 10.9. The molecule has 0 amide bonds. The molecule has 0 saturated carbocycles. The second kappa shape index (κ2) is 2.14. The Bertz CT molecular complexity index is 356. The summed E-state index contributed by atoms with van der Waals surface area (Å²) >= 11 is 0. The molecule has 12 heavy (non-hydrogen) atoms. The van der Waals surface area contributed by atoms with Crippen LogP contribution in [0, 0.1) is 0 Å². The van der Waals surface area contributed by atoms with Crippen LogP contribution in [0.1, 0.15) is 15.9 Å². The van der Waals surface area contributed by atoms with E-state index in [2.05, 4.69) is 4.74 Å². The molecular weight excluding hydrogens is 160 g/mol. The van der Waals surface area contributed by atoms with E-state index in [1.165, 1.54) is 6.07 Å². The second-order valence-electron chi connectivity index (χ2n) is 2.54. The van der Waals surface area contributed by atoms with Crippen molar-refractivity contribution in [3.63, 3.8) is 0 Å². The predicted molar refractivity (Wildman–Crippen MR) is 38.9 cm³/mol. The lowest BCUT2D eigenvalue weighted by molar-refractivity contribution is 0.0533. The van der Waals surface area contributed by atoms with Crippen molar-refractivity contribution in [3.8, 4) is 11.5 Å². The van der Waals surface area contributed by atoms with Gasteiger partial charge in [-0.2, -0.15) is 0 Å². The molecular formula is C8H6O4. The number of aromatic hydroxyl groups is 2. The van der Waals surface area contributed by atoms with E-state index in [0.717, 1.165) is 0 Å².